The maximum atomic E-state index is 5.00. The average molecular weight is 521 g/mol. The summed E-state index contributed by atoms with van der Waals surface area (Å²) in [6.45, 7) is 13.8. The Morgan fingerprint density at radius 1 is 0.450 bits per heavy atom. The number of nitrogens with zero attached hydrogens (tertiary/aromatic N) is 4. The van der Waals surface area contributed by atoms with Gasteiger partial charge in [-0.2, -0.15) is 0 Å². The van der Waals surface area contributed by atoms with Crippen molar-refractivity contribution in [3.63, 3.8) is 0 Å². The fraction of sp³-hybridized carbons (Fsp3) is 0.222. The summed E-state index contributed by atoms with van der Waals surface area (Å²) in [6, 6.07) is 26.4. The molecule has 4 heterocycles. The van der Waals surface area contributed by atoms with Gasteiger partial charge in [0.05, 0.1) is 33.1 Å². The highest BCUT2D eigenvalue weighted by atomic mass is 15.1. The van der Waals surface area contributed by atoms with Gasteiger partial charge in [0.15, 0.2) is 0 Å². The zero-order valence-corrected chi connectivity index (χ0v) is 23.9. The molecule has 0 atom stereocenters. The molecule has 0 aliphatic carbocycles. The van der Waals surface area contributed by atoms with Crippen molar-refractivity contribution in [3.05, 3.63) is 85.2 Å². The van der Waals surface area contributed by atoms with Gasteiger partial charge in [0.1, 0.15) is 0 Å². The molecule has 0 N–H and O–H groups in total. The van der Waals surface area contributed by atoms with Crippen molar-refractivity contribution >= 4 is 76.2 Å². The van der Waals surface area contributed by atoms with Crippen LogP contribution in [0.4, 0.5) is 0 Å². The lowest BCUT2D eigenvalue weighted by Crippen LogP contribution is -2.22. The molecule has 0 unspecified atom stereocenters. The van der Waals surface area contributed by atoms with Gasteiger partial charge in [-0.1, -0.05) is 48.5 Å². The minimum Gasteiger partial charge on any atom is -0.333 e. The molecule has 0 saturated carbocycles. The van der Waals surface area contributed by atoms with Crippen LogP contribution in [-0.4, -0.2) is 19.1 Å². The lowest BCUT2D eigenvalue weighted by atomic mass is 9.90. The highest BCUT2D eigenvalue weighted by Crippen LogP contribution is 2.50. The second-order valence-electron chi connectivity index (χ2n) is 13.0. The predicted molar refractivity (Wildman–Crippen MR) is 171 cm³/mol. The van der Waals surface area contributed by atoms with E-state index >= 15 is 0 Å². The molecule has 8 rings (SSSR count). The number of pyridine rings is 2. The van der Waals surface area contributed by atoms with E-state index in [2.05, 4.69) is 123 Å². The summed E-state index contributed by atoms with van der Waals surface area (Å²) in [5.74, 6) is 0. The smallest absolute Gasteiger partial charge is 0.0966 e. The van der Waals surface area contributed by atoms with E-state index in [4.69, 9.17) is 9.97 Å². The Morgan fingerprint density at radius 2 is 0.800 bits per heavy atom. The molecule has 0 radical (unpaired) electrons. The summed E-state index contributed by atoms with van der Waals surface area (Å²) >= 11 is 0. The van der Waals surface area contributed by atoms with Crippen LogP contribution in [0.1, 0.15) is 41.5 Å². The van der Waals surface area contributed by atoms with E-state index in [-0.39, 0.29) is 11.1 Å². The summed E-state index contributed by atoms with van der Waals surface area (Å²) in [5.41, 5.74) is 6.66. The Bertz CT molecular complexity index is 2170. The van der Waals surface area contributed by atoms with Crippen molar-refractivity contribution in [1.82, 2.24) is 19.1 Å². The van der Waals surface area contributed by atoms with E-state index in [1.807, 2.05) is 12.4 Å². The number of hydrogen-bond acceptors (Lipinski definition) is 2. The zero-order chi connectivity index (χ0) is 27.6. The maximum Gasteiger partial charge on any atom is 0.0966 e. The van der Waals surface area contributed by atoms with Gasteiger partial charge in [-0.3, -0.25) is 9.97 Å². The number of rotatable bonds is 0. The summed E-state index contributed by atoms with van der Waals surface area (Å²) in [7, 11) is 0. The van der Waals surface area contributed by atoms with Crippen molar-refractivity contribution in [2.45, 2.75) is 52.6 Å². The second-order valence-corrected chi connectivity index (χ2v) is 13.0. The van der Waals surface area contributed by atoms with Crippen LogP contribution in [-0.2, 0) is 11.1 Å². The van der Waals surface area contributed by atoms with Crippen LogP contribution >= 0.6 is 0 Å². The molecule has 196 valence electrons. The van der Waals surface area contributed by atoms with E-state index in [9.17, 15) is 0 Å². The third-order valence-corrected chi connectivity index (χ3v) is 8.45. The van der Waals surface area contributed by atoms with E-state index in [1.165, 1.54) is 65.2 Å². The number of benzene rings is 4. The van der Waals surface area contributed by atoms with Gasteiger partial charge in [-0.25, -0.2) is 0 Å². The van der Waals surface area contributed by atoms with Gasteiger partial charge in [0.2, 0.25) is 0 Å². The Kier molecular flexibility index (Phi) is 4.46. The monoisotopic (exact) mass is 520 g/mol. The topological polar surface area (TPSA) is 35.6 Å². The third kappa shape index (κ3) is 2.86. The first-order valence-electron chi connectivity index (χ1n) is 14.1. The van der Waals surface area contributed by atoms with Gasteiger partial charge in [0, 0.05) is 45.0 Å². The van der Waals surface area contributed by atoms with Crippen molar-refractivity contribution in [3.8, 4) is 0 Å². The van der Waals surface area contributed by atoms with E-state index in [0.717, 1.165) is 11.0 Å². The minimum atomic E-state index is -0.160. The quantitative estimate of drug-likeness (QED) is 0.187. The lowest BCUT2D eigenvalue weighted by Gasteiger charge is -2.27. The molecule has 0 spiro atoms. The first kappa shape index (κ1) is 23.4. The summed E-state index contributed by atoms with van der Waals surface area (Å²) in [5, 5.41) is 10.0. The molecule has 0 amide bonds. The summed E-state index contributed by atoms with van der Waals surface area (Å²) < 4.78 is 5.06. The fourth-order valence-electron chi connectivity index (χ4n) is 7.21. The average Bonchev–Trinajstić information content (AvgIpc) is 3.47. The van der Waals surface area contributed by atoms with Crippen LogP contribution in [0.25, 0.3) is 76.2 Å². The van der Waals surface area contributed by atoms with Crippen LogP contribution in [0.3, 0.4) is 0 Å². The van der Waals surface area contributed by atoms with E-state index in [1.54, 1.807) is 0 Å². The van der Waals surface area contributed by atoms with Crippen LogP contribution in [0, 0.1) is 0 Å². The molecule has 0 saturated heterocycles. The molecule has 4 aromatic carbocycles. The number of aromatic nitrogens is 4. The van der Waals surface area contributed by atoms with Crippen LogP contribution in [0.5, 0.6) is 0 Å². The van der Waals surface area contributed by atoms with Crippen molar-refractivity contribution in [2.24, 2.45) is 0 Å². The molecule has 0 aliphatic heterocycles. The van der Waals surface area contributed by atoms with Crippen LogP contribution in [0.2, 0.25) is 0 Å². The minimum absolute atomic E-state index is 0.160. The Balaban J connectivity index is 1.88. The van der Waals surface area contributed by atoms with Gasteiger partial charge in [-0.05, 0) is 87.4 Å². The lowest BCUT2D eigenvalue weighted by molar-refractivity contribution is 0.423. The SMILES string of the molecule is CC(C)(C)n1c2cccnc2c2c3ccccc3c3c(c4ccccc4c4c5ncccc5n(C(C)(C)C)c43)c21. The molecule has 40 heavy (non-hydrogen) atoms. The normalized spacial score (nSPS) is 13.2. The van der Waals surface area contributed by atoms with Gasteiger partial charge in [0.25, 0.3) is 0 Å². The van der Waals surface area contributed by atoms with Crippen LogP contribution < -0.4 is 0 Å². The zero-order valence-electron chi connectivity index (χ0n) is 23.9. The van der Waals surface area contributed by atoms with Gasteiger partial charge >= 0.3 is 0 Å². The van der Waals surface area contributed by atoms with Crippen molar-refractivity contribution in [2.75, 3.05) is 0 Å². The molecule has 4 heteroatoms. The largest absolute Gasteiger partial charge is 0.333 e. The van der Waals surface area contributed by atoms with Gasteiger partial charge in [-0.15, -0.1) is 0 Å². The molecule has 0 aliphatic rings. The molecule has 4 nitrogen and oxygen atoms in total. The predicted octanol–water partition coefficient (Wildman–Crippen LogP) is 9.66. The summed E-state index contributed by atoms with van der Waals surface area (Å²) in [6.07, 6.45) is 3.86. The summed E-state index contributed by atoms with van der Waals surface area (Å²) in [4.78, 5) is 10.00. The van der Waals surface area contributed by atoms with Crippen molar-refractivity contribution in [1.29, 1.82) is 0 Å². The van der Waals surface area contributed by atoms with Gasteiger partial charge < -0.3 is 9.13 Å². The molecule has 8 aromatic rings. The van der Waals surface area contributed by atoms with Crippen LogP contribution in [0.15, 0.2) is 85.2 Å². The van der Waals surface area contributed by atoms with E-state index in [0.29, 0.717) is 0 Å². The van der Waals surface area contributed by atoms with E-state index < -0.39 is 0 Å². The molecule has 4 aromatic heterocycles. The van der Waals surface area contributed by atoms with Crippen molar-refractivity contribution < 1.29 is 0 Å². The maximum absolute atomic E-state index is 5.00. The fourth-order valence-corrected chi connectivity index (χ4v) is 7.21. The Labute approximate surface area is 232 Å². The first-order chi connectivity index (χ1) is 19.2. The molecular weight excluding hydrogens is 488 g/mol. The standard InChI is InChI=1S/C36H32N4/c1-35(2,3)39-25-17-11-19-37-31(25)29-23-15-9-8-14-22(23)28-27(33(29)39)21-13-7-10-16-24(21)30-32-26(18-12-20-38-32)40(34(28)30)36(4,5)6/h7-20H,1-6H3. The first-order valence-corrected chi connectivity index (χ1v) is 14.1. The second kappa shape index (κ2) is 7.60. The Hall–Kier alpha value is -4.44. The molecule has 0 fully saturated rings. The third-order valence-electron chi connectivity index (χ3n) is 8.45. The Morgan fingerprint density at radius 3 is 1.15 bits per heavy atom. The molecular formula is C36H32N4. The highest BCUT2D eigenvalue weighted by molar-refractivity contribution is 6.43. The number of fused-ring (bicyclic) bond motifs is 15. The number of hydrogen-bond donors (Lipinski definition) is 0. The molecule has 0 bridgehead atoms. The highest BCUT2D eigenvalue weighted by Gasteiger charge is 2.30.